The number of hydrogen-bond acceptors (Lipinski definition) is 1. The van der Waals surface area contributed by atoms with Crippen molar-refractivity contribution in [3.63, 3.8) is 0 Å². The molecule has 0 aliphatic heterocycles. The third-order valence-corrected chi connectivity index (χ3v) is 3.95. The van der Waals surface area contributed by atoms with Crippen LogP contribution in [-0.2, 0) is 6.42 Å². The molecule has 2 rings (SSSR count). The van der Waals surface area contributed by atoms with E-state index in [0.29, 0.717) is 16.6 Å². The van der Waals surface area contributed by atoms with Crippen LogP contribution in [0.15, 0.2) is 42.5 Å². The average Bonchev–Trinajstić information content (AvgIpc) is 2.39. The van der Waals surface area contributed by atoms with Gasteiger partial charge in [0.2, 0.25) is 0 Å². The molecule has 0 heterocycles. The fourth-order valence-electron chi connectivity index (χ4n) is 2.21. The van der Waals surface area contributed by atoms with E-state index in [-0.39, 0.29) is 5.92 Å². The van der Waals surface area contributed by atoms with Crippen molar-refractivity contribution < 1.29 is 0 Å². The molecule has 0 fully saturated rings. The highest BCUT2D eigenvalue weighted by Gasteiger charge is 2.17. The highest BCUT2D eigenvalue weighted by molar-refractivity contribution is 6.36. The number of benzene rings is 2. The fraction of sp³-hybridized carbons (Fsp3) is 0.250. The van der Waals surface area contributed by atoms with E-state index in [9.17, 15) is 0 Å². The van der Waals surface area contributed by atoms with Crippen LogP contribution >= 0.6 is 23.2 Å². The minimum Gasteiger partial charge on any atom is -0.330 e. The van der Waals surface area contributed by atoms with Gasteiger partial charge in [0.05, 0.1) is 0 Å². The largest absolute Gasteiger partial charge is 0.330 e. The van der Waals surface area contributed by atoms with Crippen LogP contribution in [0.3, 0.4) is 0 Å². The van der Waals surface area contributed by atoms with Crippen LogP contribution in [-0.4, -0.2) is 6.54 Å². The molecule has 3 heteroatoms. The maximum Gasteiger partial charge on any atom is 0.0456 e. The molecular weight excluding hydrogens is 277 g/mol. The number of hydrogen-bond donors (Lipinski definition) is 1. The van der Waals surface area contributed by atoms with Crippen molar-refractivity contribution in [1.29, 1.82) is 0 Å². The van der Waals surface area contributed by atoms with Gasteiger partial charge in [0.25, 0.3) is 0 Å². The Labute approximate surface area is 124 Å². The first-order valence-corrected chi connectivity index (χ1v) is 7.07. The molecule has 2 aromatic carbocycles. The van der Waals surface area contributed by atoms with Crippen molar-refractivity contribution in [2.45, 2.75) is 19.3 Å². The monoisotopic (exact) mass is 293 g/mol. The lowest BCUT2D eigenvalue weighted by atomic mass is 9.91. The van der Waals surface area contributed by atoms with Gasteiger partial charge in [-0.05, 0) is 43.1 Å². The first kappa shape index (κ1) is 14.4. The highest BCUT2D eigenvalue weighted by atomic mass is 35.5. The van der Waals surface area contributed by atoms with E-state index in [2.05, 4.69) is 31.2 Å². The summed E-state index contributed by atoms with van der Waals surface area (Å²) in [4.78, 5) is 0. The molecule has 0 aliphatic rings. The van der Waals surface area contributed by atoms with E-state index >= 15 is 0 Å². The molecule has 0 bridgehead atoms. The van der Waals surface area contributed by atoms with Gasteiger partial charge in [0, 0.05) is 16.0 Å². The number of aryl methyl sites for hydroxylation is 1. The summed E-state index contributed by atoms with van der Waals surface area (Å²) in [6, 6.07) is 14.1. The Morgan fingerprint density at radius 3 is 2.11 bits per heavy atom. The second kappa shape index (κ2) is 6.42. The standard InChI is InChI=1S/C16H17Cl2N/c1-11-5-7-12(8-6-11)9-13(10-19)16-14(17)3-2-4-15(16)18/h2-8,13H,9-10,19H2,1H3. The molecule has 0 spiro atoms. The van der Waals surface area contributed by atoms with Gasteiger partial charge in [-0.15, -0.1) is 0 Å². The first-order chi connectivity index (χ1) is 9.11. The fourth-order valence-corrected chi connectivity index (χ4v) is 2.92. The quantitative estimate of drug-likeness (QED) is 0.877. The molecule has 0 saturated carbocycles. The van der Waals surface area contributed by atoms with Gasteiger partial charge in [0.1, 0.15) is 0 Å². The molecule has 0 saturated heterocycles. The summed E-state index contributed by atoms with van der Waals surface area (Å²) in [6.45, 7) is 2.60. The van der Waals surface area contributed by atoms with Gasteiger partial charge in [-0.2, -0.15) is 0 Å². The van der Waals surface area contributed by atoms with Crippen molar-refractivity contribution in [3.05, 3.63) is 69.2 Å². The van der Waals surface area contributed by atoms with Crippen LogP contribution in [0.1, 0.15) is 22.6 Å². The molecule has 0 amide bonds. The number of halogens is 2. The topological polar surface area (TPSA) is 26.0 Å². The van der Waals surface area contributed by atoms with Crippen molar-refractivity contribution in [2.24, 2.45) is 5.73 Å². The zero-order chi connectivity index (χ0) is 13.8. The smallest absolute Gasteiger partial charge is 0.0456 e. The lowest BCUT2D eigenvalue weighted by molar-refractivity contribution is 0.695. The second-order valence-electron chi connectivity index (χ2n) is 4.76. The Morgan fingerprint density at radius 2 is 1.58 bits per heavy atom. The summed E-state index contributed by atoms with van der Waals surface area (Å²) in [7, 11) is 0. The maximum absolute atomic E-state index is 6.25. The number of rotatable bonds is 4. The Kier molecular flexibility index (Phi) is 4.87. The van der Waals surface area contributed by atoms with E-state index in [1.54, 1.807) is 0 Å². The molecule has 100 valence electrons. The van der Waals surface area contributed by atoms with Gasteiger partial charge in [-0.25, -0.2) is 0 Å². The Hall–Kier alpha value is -1.02. The summed E-state index contributed by atoms with van der Waals surface area (Å²) in [5.41, 5.74) is 9.36. The average molecular weight is 294 g/mol. The van der Waals surface area contributed by atoms with Crippen molar-refractivity contribution in [1.82, 2.24) is 0 Å². The first-order valence-electron chi connectivity index (χ1n) is 6.31. The zero-order valence-electron chi connectivity index (χ0n) is 10.9. The van der Waals surface area contributed by atoms with Gasteiger partial charge in [-0.3, -0.25) is 0 Å². The molecule has 2 N–H and O–H groups in total. The SMILES string of the molecule is Cc1ccc(CC(CN)c2c(Cl)cccc2Cl)cc1. The van der Waals surface area contributed by atoms with Crippen LogP contribution < -0.4 is 5.73 Å². The maximum atomic E-state index is 6.25. The summed E-state index contributed by atoms with van der Waals surface area (Å²) < 4.78 is 0. The molecule has 1 unspecified atom stereocenters. The predicted octanol–water partition coefficient (Wildman–Crippen LogP) is 4.59. The minimum atomic E-state index is 0.143. The molecule has 0 aromatic heterocycles. The third-order valence-electron chi connectivity index (χ3n) is 3.30. The van der Waals surface area contributed by atoms with Gasteiger partial charge < -0.3 is 5.73 Å². The molecule has 1 nitrogen and oxygen atoms in total. The lowest BCUT2D eigenvalue weighted by Crippen LogP contribution is -2.16. The van der Waals surface area contributed by atoms with E-state index in [0.717, 1.165) is 12.0 Å². The van der Waals surface area contributed by atoms with Crippen LogP contribution in [0.25, 0.3) is 0 Å². The van der Waals surface area contributed by atoms with E-state index in [4.69, 9.17) is 28.9 Å². The van der Waals surface area contributed by atoms with Crippen molar-refractivity contribution >= 4 is 23.2 Å². The summed E-state index contributed by atoms with van der Waals surface area (Å²) in [5, 5.41) is 1.38. The Balaban J connectivity index is 2.27. The summed E-state index contributed by atoms with van der Waals surface area (Å²) in [6.07, 6.45) is 0.847. The molecule has 1 atom stereocenters. The van der Waals surface area contributed by atoms with E-state index in [1.807, 2.05) is 18.2 Å². The predicted molar refractivity (Wildman–Crippen MR) is 83.1 cm³/mol. The highest BCUT2D eigenvalue weighted by Crippen LogP contribution is 2.33. The summed E-state index contributed by atoms with van der Waals surface area (Å²) >= 11 is 12.5. The second-order valence-corrected chi connectivity index (χ2v) is 5.57. The molecule has 19 heavy (non-hydrogen) atoms. The molecule has 0 aliphatic carbocycles. The third kappa shape index (κ3) is 3.50. The Morgan fingerprint density at radius 1 is 1.00 bits per heavy atom. The van der Waals surface area contributed by atoms with Crippen LogP contribution in [0.2, 0.25) is 10.0 Å². The van der Waals surface area contributed by atoms with E-state index in [1.165, 1.54) is 11.1 Å². The van der Waals surface area contributed by atoms with Gasteiger partial charge in [-0.1, -0.05) is 59.1 Å². The van der Waals surface area contributed by atoms with Crippen molar-refractivity contribution in [3.8, 4) is 0 Å². The normalized spacial score (nSPS) is 12.4. The minimum absolute atomic E-state index is 0.143. The van der Waals surface area contributed by atoms with Gasteiger partial charge >= 0.3 is 0 Å². The Bertz CT molecular complexity index is 529. The van der Waals surface area contributed by atoms with Gasteiger partial charge in [0.15, 0.2) is 0 Å². The van der Waals surface area contributed by atoms with Crippen molar-refractivity contribution in [2.75, 3.05) is 6.54 Å². The van der Waals surface area contributed by atoms with Crippen LogP contribution in [0, 0.1) is 6.92 Å². The van der Waals surface area contributed by atoms with Crippen LogP contribution in [0.5, 0.6) is 0 Å². The summed E-state index contributed by atoms with van der Waals surface area (Å²) in [5.74, 6) is 0.143. The zero-order valence-corrected chi connectivity index (χ0v) is 12.4. The molecular formula is C16H17Cl2N. The molecule has 0 radical (unpaired) electrons. The van der Waals surface area contributed by atoms with E-state index < -0.39 is 0 Å². The lowest BCUT2D eigenvalue weighted by Gasteiger charge is -2.18. The number of nitrogens with two attached hydrogens (primary N) is 1. The van der Waals surface area contributed by atoms with Crippen LogP contribution in [0.4, 0.5) is 0 Å². The molecule has 2 aromatic rings.